The molecule has 1 aromatic carbocycles. The molecular weight excluding hydrogens is 238 g/mol. The summed E-state index contributed by atoms with van der Waals surface area (Å²) in [5.74, 6) is 1.36. The Morgan fingerprint density at radius 2 is 1.74 bits per heavy atom. The lowest BCUT2D eigenvalue weighted by molar-refractivity contribution is 1.14. The first kappa shape index (κ1) is 11.3. The topological polar surface area (TPSA) is 63.6 Å². The van der Waals surface area contributed by atoms with E-state index in [-0.39, 0.29) is 0 Å². The Labute approximate surface area is 110 Å². The standard InChI is InChI=1S/C14H11N5/c1-2-4-11(5-3-1)12-8-16-10-18-14(12)19-13-9-15-6-7-17-13/h1-10H,(H,16,17,18,19). The Balaban J connectivity index is 1.99. The van der Waals surface area contributed by atoms with E-state index in [0.717, 1.165) is 11.1 Å². The van der Waals surface area contributed by atoms with Gasteiger partial charge in [0.05, 0.1) is 6.20 Å². The summed E-state index contributed by atoms with van der Waals surface area (Å²) in [6.07, 6.45) is 8.19. The normalized spacial score (nSPS) is 10.1. The monoisotopic (exact) mass is 249 g/mol. The number of anilines is 2. The van der Waals surface area contributed by atoms with Gasteiger partial charge in [0.25, 0.3) is 0 Å². The number of rotatable bonds is 3. The highest BCUT2D eigenvalue weighted by molar-refractivity contribution is 5.76. The van der Waals surface area contributed by atoms with Crippen molar-refractivity contribution in [1.82, 2.24) is 19.9 Å². The van der Waals surface area contributed by atoms with E-state index in [0.29, 0.717) is 11.6 Å². The number of nitrogens with zero attached hydrogens (tertiary/aromatic N) is 4. The van der Waals surface area contributed by atoms with Gasteiger partial charge in [-0.3, -0.25) is 4.98 Å². The van der Waals surface area contributed by atoms with Crippen molar-refractivity contribution in [2.75, 3.05) is 5.32 Å². The second kappa shape index (κ2) is 5.22. The van der Waals surface area contributed by atoms with Crippen LogP contribution in [-0.4, -0.2) is 19.9 Å². The zero-order valence-electron chi connectivity index (χ0n) is 10.1. The van der Waals surface area contributed by atoms with Crippen LogP contribution < -0.4 is 5.32 Å². The van der Waals surface area contributed by atoms with Crippen LogP contribution in [0.15, 0.2) is 61.4 Å². The van der Waals surface area contributed by atoms with Crippen LogP contribution >= 0.6 is 0 Å². The fraction of sp³-hybridized carbons (Fsp3) is 0. The molecule has 2 heterocycles. The largest absolute Gasteiger partial charge is 0.323 e. The predicted molar refractivity (Wildman–Crippen MR) is 72.8 cm³/mol. The summed E-state index contributed by atoms with van der Waals surface area (Å²) < 4.78 is 0. The van der Waals surface area contributed by atoms with E-state index in [9.17, 15) is 0 Å². The maximum absolute atomic E-state index is 4.26. The van der Waals surface area contributed by atoms with Crippen molar-refractivity contribution < 1.29 is 0 Å². The molecule has 0 spiro atoms. The summed E-state index contributed by atoms with van der Waals surface area (Å²) in [7, 11) is 0. The molecule has 3 rings (SSSR count). The Bertz CT molecular complexity index is 655. The van der Waals surface area contributed by atoms with Crippen LogP contribution in [0.5, 0.6) is 0 Å². The minimum atomic E-state index is 0.651. The van der Waals surface area contributed by atoms with Crippen LogP contribution in [-0.2, 0) is 0 Å². The van der Waals surface area contributed by atoms with Crippen LogP contribution in [0.25, 0.3) is 11.1 Å². The van der Waals surface area contributed by atoms with E-state index in [1.807, 2.05) is 30.3 Å². The van der Waals surface area contributed by atoms with Gasteiger partial charge in [-0.05, 0) is 5.56 Å². The lowest BCUT2D eigenvalue weighted by atomic mass is 10.1. The first-order valence-corrected chi connectivity index (χ1v) is 5.82. The molecule has 3 aromatic rings. The zero-order valence-corrected chi connectivity index (χ0v) is 10.1. The Kier molecular flexibility index (Phi) is 3.10. The third-order valence-electron chi connectivity index (χ3n) is 2.61. The van der Waals surface area contributed by atoms with Gasteiger partial charge in [0.2, 0.25) is 0 Å². The molecule has 5 heteroatoms. The number of benzene rings is 1. The molecule has 0 saturated carbocycles. The summed E-state index contributed by atoms with van der Waals surface area (Å²) in [5, 5.41) is 3.15. The summed E-state index contributed by atoms with van der Waals surface area (Å²) in [6.45, 7) is 0. The van der Waals surface area contributed by atoms with Crippen LogP contribution in [0.3, 0.4) is 0 Å². The number of nitrogens with one attached hydrogen (secondary N) is 1. The second-order valence-electron chi connectivity index (χ2n) is 3.87. The molecule has 0 bridgehead atoms. The van der Waals surface area contributed by atoms with Crippen LogP contribution in [0.1, 0.15) is 0 Å². The van der Waals surface area contributed by atoms with E-state index in [2.05, 4.69) is 25.3 Å². The lowest BCUT2D eigenvalue weighted by Crippen LogP contribution is -1.99. The summed E-state index contributed by atoms with van der Waals surface area (Å²) in [6, 6.07) is 9.97. The van der Waals surface area contributed by atoms with E-state index in [1.165, 1.54) is 6.33 Å². The van der Waals surface area contributed by atoms with E-state index in [4.69, 9.17) is 0 Å². The quantitative estimate of drug-likeness (QED) is 0.773. The van der Waals surface area contributed by atoms with Crippen molar-refractivity contribution >= 4 is 11.6 Å². The van der Waals surface area contributed by atoms with Crippen LogP contribution in [0, 0.1) is 0 Å². The molecule has 92 valence electrons. The molecule has 0 aliphatic rings. The van der Waals surface area contributed by atoms with Crippen molar-refractivity contribution in [3.8, 4) is 11.1 Å². The van der Waals surface area contributed by atoms with Crippen molar-refractivity contribution in [3.05, 3.63) is 61.4 Å². The molecular formula is C14H11N5. The van der Waals surface area contributed by atoms with Gasteiger partial charge in [0, 0.05) is 24.2 Å². The first-order chi connectivity index (χ1) is 9.43. The van der Waals surface area contributed by atoms with Crippen molar-refractivity contribution in [2.24, 2.45) is 0 Å². The molecule has 0 aliphatic heterocycles. The van der Waals surface area contributed by atoms with Crippen LogP contribution in [0.4, 0.5) is 11.6 Å². The fourth-order valence-electron chi connectivity index (χ4n) is 1.74. The highest BCUT2D eigenvalue weighted by Gasteiger charge is 2.06. The van der Waals surface area contributed by atoms with Gasteiger partial charge < -0.3 is 5.32 Å². The number of hydrogen-bond donors (Lipinski definition) is 1. The molecule has 19 heavy (non-hydrogen) atoms. The highest BCUT2D eigenvalue weighted by Crippen LogP contribution is 2.26. The molecule has 0 atom stereocenters. The van der Waals surface area contributed by atoms with E-state index < -0.39 is 0 Å². The van der Waals surface area contributed by atoms with Crippen molar-refractivity contribution in [1.29, 1.82) is 0 Å². The Hall–Kier alpha value is -2.82. The minimum Gasteiger partial charge on any atom is -0.323 e. The third-order valence-corrected chi connectivity index (χ3v) is 2.61. The second-order valence-corrected chi connectivity index (χ2v) is 3.87. The summed E-state index contributed by atoms with van der Waals surface area (Å²) >= 11 is 0. The SMILES string of the molecule is c1ccc(-c2cncnc2Nc2cnccn2)cc1. The minimum absolute atomic E-state index is 0.651. The van der Waals surface area contributed by atoms with Gasteiger partial charge in [0.1, 0.15) is 18.0 Å². The Morgan fingerprint density at radius 3 is 2.53 bits per heavy atom. The zero-order chi connectivity index (χ0) is 12.9. The molecule has 2 aromatic heterocycles. The van der Waals surface area contributed by atoms with Gasteiger partial charge in [-0.25, -0.2) is 15.0 Å². The fourth-order valence-corrected chi connectivity index (χ4v) is 1.74. The molecule has 0 amide bonds. The molecule has 0 aliphatic carbocycles. The van der Waals surface area contributed by atoms with Crippen molar-refractivity contribution in [2.45, 2.75) is 0 Å². The number of hydrogen-bond acceptors (Lipinski definition) is 5. The smallest absolute Gasteiger partial charge is 0.150 e. The van der Waals surface area contributed by atoms with Gasteiger partial charge in [-0.15, -0.1) is 0 Å². The van der Waals surface area contributed by atoms with E-state index in [1.54, 1.807) is 24.8 Å². The summed E-state index contributed by atoms with van der Waals surface area (Å²) in [5.41, 5.74) is 1.98. The lowest BCUT2D eigenvalue weighted by Gasteiger charge is -2.09. The molecule has 5 nitrogen and oxygen atoms in total. The van der Waals surface area contributed by atoms with Gasteiger partial charge in [-0.1, -0.05) is 30.3 Å². The van der Waals surface area contributed by atoms with Gasteiger partial charge in [-0.2, -0.15) is 0 Å². The molecule has 0 radical (unpaired) electrons. The maximum Gasteiger partial charge on any atom is 0.150 e. The predicted octanol–water partition coefficient (Wildman–Crippen LogP) is 2.68. The molecule has 0 fully saturated rings. The molecule has 0 saturated heterocycles. The molecule has 0 unspecified atom stereocenters. The van der Waals surface area contributed by atoms with E-state index >= 15 is 0 Å². The first-order valence-electron chi connectivity index (χ1n) is 5.82. The van der Waals surface area contributed by atoms with Gasteiger partial charge >= 0.3 is 0 Å². The average molecular weight is 249 g/mol. The van der Waals surface area contributed by atoms with Crippen molar-refractivity contribution in [3.63, 3.8) is 0 Å². The Morgan fingerprint density at radius 1 is 0.842 bits per heavy atom. The number of aromatic nitrogens is 4. The maximum atomic E-state index is 4.26. The summed E-state index contributed by atoms with van der Waals surface area (Å²) in [4.78, 5) is 16.5. The average Bonchev–Trinajstić information content (AvgIpc) is 2.50. The third kappa shape index (κ3) is 2.55. The van der Waals surface area contributed by atoms with Crippen LogP contribution in [0.2, 0.25) is 0 Å². The molecule has 1 N–H and O–H groups in total. The highest BCUT2D eigenvalue weighted by atomic mass is 15.1. The van der Waals surface area contributed by atoms with Gasteiger partial charge in [0.15, 0.2) is 0 Å².